The van der Waals surface area contributed by atoms with Gasteiger partial charge in [-0.2, -0.15) is 10.2 Å². The van der Waals surface area contributed by atoms with Crippen molar-refractivity contribution in [1.29, 1.82) is 0 Å². The number of aromatic nitrogens is 4. The molecule has 6 rings (SSSR count). The molecule has 0 unspecified atom stereocenters. The van der Waals surface area contributed by atoms with Gasteiger partial charge in [0.15, 0.2) is 11.6 Å². The summed E-state index contributed by atoms with van der Waals surface area (Å²) < 4.78 is 12.7. The molecule has 0 saturated heterocycles. The van der Waals surface area contributed by atoms with E-state index in [1.807, 2.05) is 36.4 Å². The molecule has 0 aliphatic carbocycles. The molecular formula is C36H30Cl2N4O6Sn. The molecule has 0 fully saturated rings. The second kappa shape index (κ2) is 17.6. The summed E-state index contributed by atoms with van der Waals surface area (Å²) in [4.78, 5) is 25.3. The summed E-state index contributed by atoms with van der Waals surface area (Å²) >= 11 is -0.826. The quantitative estimate of drug-likeness (QED) is 0.136. The van der Waals surface area contributed by atoms with Crippen molar-refractivity contribution in [2.75, 3.05) is 14.2 Å². The van der Waals surface area contributed by atoms with Crippen molar-refractivity contribution in [2.24, 2.45) is 0 Å². The van der Waals surface area contributed by atoms with Crippen LogP contribution in [0, 0.1) is 13.8 Å². The minimum absolute atomic E-state index is 0.0963. The normalized spacial score (nSPS) is 10.1. The Bertz CT molecular complexity index is 1850. The van der Waals surface area contributed by atoms with Crippen LogP contribution >= 0.6 is 17.8 Å². The molecule has 0 aliphatic rings. The summed E-state index contributed by atoms with van der Waals surface area (Å²) in [5.41, 5.74) is 3.15. The zero-order valence-corrected chi connectivity index (χ0v) is 31.3. The van der Waals surface area contributed by atoms with Gasteiger partial charge in [0.1, 0.15) is 11.5 Å². The summed E-state index contributed by atoms with van der Waals surface area (Å²) in [7, 11) is 13.0. The number of methoxy groups -OCH3 is 2. The molecule has 4 aromatic carbocycles. The Hall–Kier alpha value is -4.78. The van der Waals surface area contributed by atoms with Crippen molar-refractivity contribution < 1.29 is 29.3 Å². The average Bonchev–Trinajstić information content (AvgIpc) is 3.61. The van der Waals surface area contributed by atoms with Gasteiger partial charge in [-0.15, -0.1) is 0 Å². The van der Waals surface area contributed by atoms with E-state index in [1.165, 1.54) is 9.36 Å². The van der Waals surface area contributed by atoms with Crippen LogP contribution in [0.1, 0.15) is 43.2 Å². The van der Waals surface area contributed by atoms with E-state index in [0.717, 1.165) is 0 Å². The number of para-hydroxylation sites is 2. The third-order valence-electron chi connectivity index (χ3n) is 7.20. The summed E-state index contributed by atoms with van der Waals surface area (Å²) in [5, 5.41) is 33.6. The van der Waals surface area contributed by atoms with E-state index >= 15 is 0 Å². The van der Waals surface area contributed by atoms with Crippen LogP contribution in [0.4, 0.5) is 0 Å². The number of benzene rings is 4. The number of halogens is 2. The molecule has 0 N–H and O–H groups in total. The summed E-state index contributed by atoms with van der Waals surface area (Å²) in [5.74, 6) is -0.181. The second-order valence-corrected chi connectivity index (χ2v) is 14.5. The van der Waals surface area contributed by atoms with Gasteiger partial charge in [-0.1, -0.05) is 36.4 Å². The van der Waals surface area contributed by atoms with Crippen LogP contribution < -0.4 is 19.7 Å². The molecule has 0 saturated carbocycles. The summed E-state index contributed by atoms with van der Waals surface area (Å²) in [6, 6.07) is 31.4. The van der Waals surface area contributed by atoms with E-state index in [0.29, 0.717) is 45.4 Å². The van der Waals surface area contributed by atoms with Crippen LogP contribution in [-0.4, -0.2) is 64.2 Å². The van der Waals surface area contributed by atoms with E-state index in [4.69, 9.17) is 27.3 Å². The number of aryl methyl sites for hydroxylation is 2. The van der Waals surface area contributed by atoms with Crippen molar-refractivity contribution in [3.05, 3.63) is 143 Å². The van der Waals surface area contributed by atoms with Crippen LogP contribution in [-0.2, 0) is 0 Å². The first-order valence-electron chi connectivity index (χ1n) is 14.6. The molecule has 6 aromatic rings. The third kappa shape index (κ3) is 8.82. The Morgan fingerprint density at radius 1 is 0.592 bits per heavy atom. The number of hydrogen-bond donors (Lipinski definition) is 0. The van der Waals surface area contributed by atoms with E-state index in [2.05, 4.69) is 10.2 Å². The van der Waals surface area contributed by atoms with Gasteiger partial charge in [0, 0.05) is 22.9 Å². The second-order valence-electron chi connectivity index (χ2n) is 10.2. The van der Waals surface area contributed by atoms with Crippen molar-refractivity contribution in [1.82, 2.24) is 19.6 Å². The van der Waals surface area contributed by atoms with Crippen LogP contribution in [0.25, 0.3) is 11.4 Å². The number of ether oxygens (including phenoxy) is 2. The fraction of sp³-hybridized carbons (Fsp3) is 0.111. The predicted octanol–water partition coefficient (Wildman–Crippen LogP) is 5.99. The zero-order valence-electron chi connectivity index (χ0n) is 26.9. The number of carbonyl (C=O) groups excluding carboxylic acids is 2. The third-order valence-corrected chi connectivity index (χ3v) is 7.20. The van der Waals surface area contributed by atoms with Gasteiger partial charge in [0.25, 0.3) is 0 Å². The van der Waals surface area contributed by atoms with E-state index in [1.54, 1.807) is 101 Å². The van der Waals surface area contributed by atoms with E-state index in [-0.39, 0.29) is 22.7 Å². The molecule has 0 radical (unpaired) electrons. The topological polar surface area (TPSA) is 134 Å². The zero-order chi connectivity index (χ0) is 35.5. The van der Waals surface area contributed by atoms with Crippen LogP contribution in [0.5, 0.6) is 23.3 Å². The predicted molar refractivity (Wildman–Crippen MR) is 186 cm³/mol. The Morgan fingerprint density at radius 2 is 0.898 bits per heavy atom. The standard InChI is InChI=1S/2C18H16N2O3.2ClH.Sn/c2*1-12-16(17(21)13-8-10-15(23-2)11-9-13)18(22)20(19-12)14-6-4-3-5-7-14;;;/h2*3-11,22H,1-2H3;2*1H;/q;;;;+4/p-4. The van der Waals surface area contributed by atoms with Gasteiger partial charge < -0.3 is 19.7 Å². The first kappa shape index (κ1) is 37.0. The number of nitrogens with zero attached hydrogens (tertiary/aromatic N) is 4. The van der Waals surface area contributed by atoms with Gasteiger partial charge in [-0.05, 0) is 86.6 Å². The first-order valence-corrected chi connectivity index (χ1v) is 21.9. The van der Waals surface area contributed by atoms with Crippen molar-refractivity contribution in [2.45, 2.75) is 13.8 Å². The van der Waals surface area contributed by atoms with Crippen LogP contribution in [0.15, 0.2) is 109 Å². The van der Waals surface area contributed by atoms with Gasteiger partial charge in [0.2, 0.25) is 0 Å². The fourth-order valence-electron chi connectivity index (χ4n) is 4.80. The van der Waals surface area contributed by atoms with Crippen molar-refractivity contribution in [3.8, 4) is 34.6 Å². The molecule has 13 heteroatoms. The van der Waals surface area contributed by atoms with E-state index in [9.17, 15) is 19.8 Å². The van der Waals surface area contributed by atoms with Gasteiger partial charge in [-0.3, -0.25) is 9.59 Å². The van der Waals surface area contributed by atoms with Gasteiger partial charge >= 0.3 is 36.7 Å². The van der Waals surface area contributed by atoms with Gasteiger partial charge in [0.05, 0.1) is 48.1 Å². The van der Waals surface area contributed by atoms with Crippen molar-refractivity contribution in [3.63, 3.8) is 0 Å². The number of ketones is 2. The Labute approximate surface area is 301 Å². The number of rotatable bonds is 8. The number of carbonyl (C=O) groups is 2. The summed E-state index contributed by atoms with van der Waals surface area (Å²) in [6.45, 7) is 3.33. The summed E-state index contributed by atoms with van der Waals surface area (Å²) in [6.07, 6.45) is 0. The molecule has 2 aromatic heterocycles. The maximum atomic E-state index is 12.6. The van der Waals surface area contributed by atoms with Crippen LogP contribution in [0.3, 0.4) is 0 Å². The number of hydrogen-bond acceptors (Lipinski definition) is 8. The molecule has 0 bridgehead atoms. The molecule has 49 heavy (non-hydrogen) atoms. The molecule has 0 spiro atoms. The Morgan fingerprint density at radius 3 is 1.18 bits per heavy atom. The minimum atomic E-state index is -0.826. The molecule has 0 aliphatic heterocycles. The molecule has 0 amide bonds. The molecule has 2 heterocycles. The maximum absolute atomic E-state index is 12.6. The van der Waals surface area contributed by atoms with Gasteiger partial charge in [-0.25, -0.2) is 9.36 Å². The monoisotopic (exact) mass is 804 g/mol. The Kier molecular flexibility index (Phi) is 13.3. The molecule has 248 valence electrons. The Balaban J connectivity index is 0.000000205. The molecule has 10 nitrogen and oxygen atoms in total. The average molecular weight is 804 g/mol. The molecule has 0 atom stereocenters. The van der Waals surface area contributed by atoms with Crippen LogP contribution in [0.2, 0.25) is 0 Å². The van der Waals surface area contributed by atoms with Crippen molar-refractivity contribution >= 4 is 48.3 Å². The SMILES string of the molecule is COc1ccc(C(=O)c2c(C)nn(-c3ccccc3)c2[O-])cc1.COc1ccc(C(=O)c2c(C)nn(-c3ccccc3)c2[O-])cc1.[Cl][Sn+2][Cl]. The van der Waals surface area contributed by atoms with E-state index < -0.39 is 30.6 Å². The fourth-order valence-corrected chi connectivity index (χ4v) is 4.80. The first-order chi connectivity index (χ1) is 23.6. The molecular weight excluding hydrogens is 774 g/mol.